The minimum atomic E-state index is -3.28. The fourth-order valence-corrected chi connectivity index (χ4v) is 3.47. The van der Waals surface area contributed by atoms with Crippen molar-refractivity contribution in [2.75, 3.05) is 19.3 Å². The molecule has 1 aliphatic heterocycles. The zero-order valence-electron chi connectivity index (χ0n) is 12.4. The van der Waals surface area contributed by atoms with E-state index in [1.54, 1.807) is 0 Å². The smallest absolute Gasteiger partial charge is 0.238 e. The highest BCUT2D eigenvalue weighted by atomic mass is 32.2. The first kappa shape index (κ1) is 16.4. The van der Waals surface area contributed by atoms with E-state index in [4.69, 9.17) is 0 Å². The van der Waals surface area contributed by atoms with Crippen LogP contribution in [0.15, 0.2) is 0 Å². The summed E-state index contributed by atoms with van der Waals surface area (Å²) in [7, 11) is -3.28. The number of rotatable bonds is 5. The number of carbonyl (C=O) groups excluding carboxylic acids is 1. The third-order valence-electron chi connectivity index (χ3n) is 3.34. The predicted octanol–water partition coefficient (Wildman–Crippen LogP) is 1.35. The Morgan fingerprint density at radius 3 is 2.53 bits per heavy atom. The van der Waals surface area contributed by atoms with Crippen molar-refractivity contribution < 1.29 is 13.2 Å². The molecule has 0 aromatic carbocycles. The fourth-order valence-electron chi connectivity index (χ4n) is 2.35. The molecular weight excluding hydrogens is 264 g/mol. The molecule has 0 aliphatic carbocycles. The summed E-state index contributed by atoms with van der Waals surface area (Å²) in [6.07, 6.45) is 4.50. The van der Waals surface area contributed by atoms with Crippen molar-refractivity contribution in [3.05, 3.63) is 0 Å². The molecule has 1 rings (SSSR count). The summed E-state index contributed by atoms with van der Waals surface area (Å²) in [5.41, 5.74) is 0.261. The molecule has 0 spiro atoms. The normalized spacial score (nSPS) is 21.6. The van der Waals surface area contributed by atoms with Gasteiger partial charge in [0.25, 0.3) is 0 Å². The quantitative estimate of drug-likeness (QED) is 0.777. The molecule has 0 saturated carbocycles. The Morgan fingerprint density at radius 2 is 2.00 bits per heavy atom. The molecule has 112 valence electrons. The van der Waals surface area contributed by atoms with Gasteiger partial charge in [0.1, 0.15) is 6.04 Å². The SMILES string of the molecule is CC(C)(C)CCCNC(=O)C1CCCN1S(C)(=O)=O. The molecule has 1 fully saturated rings. The lowest BCUT2D eigenvalue weighted by Crippen LogP contribution is -2.45. The average Bonchev–Trinajstić information content (AvgIpc) is 2.71. The second-order valence-electron chi connectivity index (χ2n) is 6.49. The first-order valence-corrected chi connectivity index (χ1v) is 8.71. The first-order chi connectivity index (χ1) is 8.61. The molecule has 5 nitrogen and oxygen atoms in total. The van der Waals surface area contributed by atoms with Crippen molar-refractivity contribution in [2.45, 2.75) is 52.5 Å². The number of hydrogen-bond acceptors (Lipinski definition) is 3. The molecule has 0 aromatic rings. The summed E-state index contributed by atoms with van der Waals surface area (Å²) in [6.45, 7) is 7.56. The van der Waals surface area contributed by atoms with Gasteiger partial charge in [-0.1, -0.05) is 20.8 Å². The van der Waals surface area contributed by atoms with Crippen molar-refractivity contribution in [1.29, 1.82) is 0 Å². The van der Waals surface area contributed by atoms with Gasteiger partial charge in [-0.15, -0.1) is 0 Å². The van der Waals surface area contributed by atoms with Crippen LogP contribution in [-0.4, -0.2) is 44.0 Å². The predicted molar refractivity (Wildman–Crippen MR) is 76.3 cm³/mol. The van der Waals surface area contributed by atoms with E-state index in [0.717, 1.165) is 25.5 Å². The Morgan fingerprint density at radius 1 is 1.37 bits per heavy atom. The Kier molecular flexibility index (Phi) is 5.38. The maximum atomic E-state index is 12.0. The van der Waals surface area contributed by atoms with Crippen molar-refractivity contribution >= 4 is 15.9 Å². The van der Waals surface area contributed by atoms with Crippen molar-refractivity contribution in [1.82, 2.24) is 9.62 Å². The van der Waals surface area contributed by atoms with Crippen LogP contribution in [0.3, 0.4) is 0 Å². The van der Waals surface area contributed by atoms with E-state index in [1.165, 1.54) is 4.31 Å². The third-order valence-corrected chi connectivity index (χ3v) is 4.62. The van der Waals surface area contributed by atoms with Gasteiger partial charge in [0, 0.05) is 13.1 Å². The van der Waals surface area contributed by atoms with Gasteiger partial charge in [0.2, 0.25) is 15.9 Å². The maximum Gasteiger partial charge on any atom is 0.238 e. The Labute approximate surface area is 116 Å². The van der Waals surface area contributed by atoms with Gasteiger partial charge in [-0.2, -0.15) is 4.31 Å². The number of carbonyl (C=O) groups is 1. The molecule has 1 saturated heterocycles. The molecule has 19 heavy (non-hydrogen) atoms. The van der Waals surface area contributed by atoms with E-state index in [-0.39, 0.29) is 11.3 Å². The van der Waals surface area contributed by atoms with Crippen molar-refractivity contribution in [3.8, 4) is 0 Å². The summed E-state index contributed by atoms with van der Waals surface area (Å²) in [5, 5.41) is 2.85. The summed E-state index contributed by atoms with van der Waals surface area (Å²) in [5.74, 6) is -0.156. The van der Waals surface area contributed by atoms with E-state index in [1.807, 2.05) is 0 Å². The Hall–Kier alpha value is -0.620. The zero-order chi connectivity index (χ0) is 14.7. The number of amides is 1. The van der Waals surface area contributed by atoms with Crippen LogP contribution in [0.5, 0.6) is 0 Å². The molecule has 1 amide bonds. The molecule has 1 aliphatic rings. The van der Waals surface area contributed by atoms with Gasteiger partial charge in [-0.25, -0.2) is 8.42 Å². The van der Waals surface area contributed by atoms with Crippen molar-refractivity contribution in [3.63, 3.8) is 0 Å². The van der Waals surface area contributed by atoms with Crippen LogP contribution >= 0.6 is 0 Å². The molecule has 0 aromatic heterocycles. The third kappa shape index (κ3) is 5.48. The highest BCUT2D eigenvalue weighted by Gasteiger charge is 2.36. The molecule has 6 heteroatoms. The lowest BCUT2D eigenvalue weighted by atomic mass is 9.91. The Bertz CT molecular complexity index is 412. The number of nitrogens with zero attached hydrogens (tertiary/aromatic N) is 1. The van der Waals surface area contributed by atoms with Gasteiger partial charge >= 0.3 is 0 Å². The largest absolute Gasteiger partial charge is 0.355 e. The first-order valence-electron chi connectivity index (χ1n) is 6.86. The number of sulfonamides is 1. The van der Waals surface area contributed by atoms with Crippen LogP contribution in [0, 0.1) is 5.41 Å². The van der Waals surface area contributed by atoms with E-state index < -0.39 is 16.1 Å². The summed E-state index contributed by atoms with van der Waals surface area (Å²) < 4.78 is 24.4. The minimum Gasteiger partial charge on any atom is -0.355 e. The summed E-state index contributed by atoms with van der Waals surface area (Å²) in [4.78, 5) is 12.0. The summed E-state index contributed by atoms with van der Waals surface area (Å²) >= 11 is 0. The molecule has 0 radical (unpaired) electrons. The molecule has 1 heterocycles. The van der Waals surface area contributed by atoms with Gasteiger partial charge < -0.3 is 5.32 Å². The van der Waals surface area contributed by atoms with Gasteiger partial charge in [-0.3, -0.25) is 4.79 Å². The van der Waals surface area contributed by atoms with E-state index >= 15 is 0 Å². The van der Waals surface area contributed by atoms with Crippen LogP contribution in [0.25, 0.3) is 0 Å². The number of nitrogens with one attached hydrogen (secondary N) is 1. The highest BCUT2D eigenvalue weighted by Crippen LogP contribution is 2.21. The monoisotopic (exact) mass is 290 g/mol. The van der Waals surface area contributed by atoms with Crippen LogP contribution < -0.4 is 5.32 Å². The molecule has 1 atom stereocenters. The molecule has 0 bridgehead atoms. The maximum absolute atomic E-state index is 12.0. The lowest BCUT2D eigenvalue weighted by Gasteiger charge is -2.22. The van der Waals surface area contributed by atoms with Gasteiger partial charge in [-0.05, 0) is 31.1 Å². The number of hydrogen-bond donors (Lipinski definition) is 1. The second-order valence-corrected chi connectivity index (χ2v) is 8.42. The highest BCUT2D eigenvalue weighted by molar-refractivity contribution is 7.88. The molecule has 1 N–H and O–H groups in total. The average molecular weight is 290 g/mol. The van der Waals surface area contributed by atoms with Gasteiger partial charge in [0.05, 0.1) is 6.26 Å². The second kappa shape index (κ2) is 6.22. The van der Waals surface area contributed by atoms with Crippen LogP contribution in [0.4, 0.5) is 0 Å². The standard InChI is InChI=1S/C13H26N2O3S/c1-13(2,3)8-6-9-14-12(16)11-7-5-10-15(11)19(4,17)18/h11H,5-10H2,1-4H3,(H,14,16). The summed E-state index contributed by atoms with van der Waals surface area (Å²) in [6, 6.07) is -0.510. The fraction of sp³-hybridized carbons (Fsp3) is 0.923. The lowest BCUT2D eigenvalue weighted by molar-refractivity contribution is -0.124. The zero-order valence-corrected chi connectivity index (χ0v) is 13.2. The van der Waals surface area contributed by atoms with Crippen LogP contribution in [-0.2, 0) is 14.8 Å². The van der Waals surface area contributed by atoms with Crippen LogP contribution in [0.1, 0.15) is 46.5 Å². The topological polar surface area (TPSA) is 66.5 Å². The van der Waals surface area contributed by atoms with Crippen LogP contribution in [0.2, 0.25) is 0 Å². The molecular formula is C13H26N2O3S. The van der Waals surface area contributed by atoms with E-state index in [9.17, 15) is 13.2 Å². The van der Waals surface area contributed by atoms with Gasteiger partial charge in [0.15, 0.2) is 0 Å². The Balaban J connectivity index is 2.41. The molecule has 1 unspecified atom stereocenters. The van der Waals surface area contributed by atoms with Crippen molar-refractivity contribution in [2.24, 2.45) is 5.41 Å². The van der Waals surface area contributed by atoms with E-state index in [2.05, 4.69) is 26.1 Å². The minimum absolute atomic E-state index is 0.156. The van der Waals surface area contributed by atoms with E-state index in [0.29, 0.717) is 19.5 Å².